The van der Waals surface area contributed by atoms with Crippen molar-refractivity contribution >= 4 is 23.1 Å². The van der Waals surface area contributed by atoms with Gasteiger partial charge in [0.2, 0.25) is 12.3 Å². The molecule has 2 aliphatic heterocycles. The van der Waals surface area contributed by atoms with Crippen molar-refractivity contribution in [3.05, 3.63) is 41.2 Å². The smallest absolute Gasteiger partial charge is 0.354 e. The summed E-state index contributed by atoms with van der Waals surface area (Å²) in [6.07, 6.45) is -5.19. The molecule has 0 bridgehead atoms. The summed E-state index contributed by atoms with van der Waals surface area (Å²) >= 11 is 0. The number of halogens is 5. The van der Waals surface area contributed by atoms with Gasteiger partial charge in [-0.15, -0.1) is 0 Å². The van der Waals surface area contributed by atoms with Crippen LogP contribution in [-0.2, 0) is 11.0 Å². The summed E-state index contributed by atoms with van der Waals surface area (Å²) in [6, 6.07) is 1.87. The number of amidine groups is 1. The van der Waals surface area contributed by atoms with E-state index in [4.69, 9.17) is 0 Å². The minimum absolute atomic E-state index is 0.0193. The molecule has 2 saturated heterocycles. The van der Waals surface area contributed by atoms with Crippen LogP contribution in [0.5, 0.6) is 0 Å². The third-order valence-corrected chi connectivity index (χ3v) is 5.57. The summed E-state index contributed by atoms with van der Waals surface area (Å²) in [5.41, 5.74) is -0.918. The van der Waals surface area contributed by atoms with Crippen molar-refractivity contribution in [2.24, 2.45) is 10.9 Å². The lowest BCUT2D eigenvalue weighted by Gasteiger charge is -2.33. The van der Waals surface area contributed by atoms with Gasteiger partial charge in [-0.2, -0.15) is 13.2 Å². The van der Waals surface area contributed by atoms with Crippen LogP contribution in [0.2, 0.25) is 0 Å². The number of nitrogens with zero attached hydrogens (tertiary/aromatic N) is 3. The summed E-state index contributed by atoms with van der Waals surface area (Å²) in [6.45, 7) is 6.49. The number of carbonyl (C=O) groups excluding carboxylic acids is 1. The Balaban J connectivity index is 2.20. The molecule has 3 heterocycles. The number of aromatic nitrogens is 1. The molecule has 1 aromatic rings. The molecule has 180 valence electrons. The predicted molar refractivity (Wildman–Crippen MR) is 116 cm³/mol. The molecule has 1 aromatic heterocycles. The SMILES string of the molecule is CC=CN=C1NC(=O)CC(C(F)F)/C1=C(/C)c1cc(C(F)(F)F)cc(N2CCNC(C)C2)n1. The predicted octanol–water partition coefficient (Wildman–Crippen LogP) is 4.01. The van der Waals surface area contributed by atoms with Gasteiger partial charge in [-0.25, -0.2) is 18.8 Å². The number of piperazine rings is 1. The van der Waals surface area contributed by atoms with E-state index in [9.17, 15) is 26.7 Å². The Morgan fingerprint density at radius 2 is 2.06 bits per heavy atom. The Morgan fingerprint density at radius 3 is 2.67 bits per heavy atom. The first-order valence-electron chi connectivity index (χ1n) is 10.6. The van der Waals surface area contributed by atoms with Gasteiger partial charge in [0.25, 0.3) is 0 Å². The lowest BCUT2D eigenvalue weighted by Crippen LogP contribution is -2.49. The molecule has 3 rings (SSSR count). The number of rotatable bonds is 4. The molecule has 0 saturated carbocycles. The highest BCUT2D eigenvalue weighted by atomic mass is 19.4. The second kappa shape index (κ2) is 9.98. The number of aliphatic imine (C=N–C) groups is 1. The molecule has 0 spiro atoms. The number of amides is 1. The Labute approximate surface area is 188 Å². The Hall–Kier alpha value is -2.82. The van der Waals surface area contributed by atoms with E-state index in [-0.39, 0.29) is 34.5 Å². The summed E-state index contributed by atoms with van der Waals surface area (Å²) in [7, 11) is 0. The quantitative estimate of drug-likeness (QED) is 0.652. The second-order valence-corrected chi connectivity index (χ2v) is 8.09. The van der Waals surface area contributed by atoms with Crippen LogP contribution in [0.25, 0.3) is 5.57 Å². The van der Waals surface area contributed by atoms with Crippen LogP contribution < -0.4 is 15.5 Å². The maximum Gasteiger partial charge on any atom is 0.416 e. The topological polar surface area (TPSA) is 69.6 Å². The van der Waals surface area contributed by atoms with Gasteiger partial charge in [-0.1, -0.05) is 6.08 Å². The fourth-order valence-electron chi connectivity index (χ4n) is 3.96. The Bertz CT molecular complexity index is 986. The summed E-state index contributed by atoms with van der Waals surface area (Å²) in [5, 5.41) is 5.68. The number of hydrogen-bond acceptors (Lipinski definition) is 5. The van der Waals surface area contributed by atoms with Gasteiger partial charge in [0.05, 0.1) is 17.2 Å². The number of hydrogen-bond donors (Lipinski definition) is 2. The lowest BCUT2D eigenvalue weighted by atomic mass is 9.86. The summed E-state index contributed by atoms with van der Waals surface area (Å²) in [5.74, 6) is -2.13. The third kappa shape index (κ3) is 5.76. The van der Waals surface area contributed by atoms with Gasteiger partial charge >= 0.3 is 6.18 Å². The number of allylic oxidation sites excluding steroid dienone is 2. The molecule has 6 nitrogen and oxygen atoms in total. The van der Waals surface area contributed by atoms with E-state index in [1.54, 1.807) is 17.9 Å². The average molecular weight is 471 g/mol. The van der Waals surface area contributed by atoms with E-state index in [2.05, 4.69) is 20.6 Å². The highest BCUT2D eigenvalue weighted by molar-refractivity contribution is 6.14. The van der Waals surface area contributed by atoms with Crippen molar-refractivity contribution in [2.45, 2.75) is 45.8 Å². The highest BCUT2D eigenvalue weighted by Gasteiger charge is 2.38. The van der Waals surface area contributed by atoms with E-state index in [0.717, 1.165) is 12.1 Å². The normalized spacial score (nSPS) is 25.2. The molecule has 2 N–H and O–H groups in total. The van der Waals surface area contributed by atoms with Crippen molar-refractivity contribution < 1.29 is 26.7 Å². The largest absolute Gasteiger partial charge is 0.416 e. The summed E-state index contributed by atoms with van der Waals surface area (Å²) < 4.78 is 68.9. The molecule has 1 amide bonds. The van der Waals surface area contributed by atoms with Gasteiger partial charge in [0, 0.05) is 43.9 Å². The van der Waals surface area contributed by atoms with Gasteiger partial charge in [-0.05, 0) is 38.5 Å². The van der Waals surface area contributed by atoms with Crippen LogP contribution in [0.15, 0.2) is 35.0 Å². The lowest BCUT2D eigenvalue weighted by molar-refractivity contribution is -0.137. The molecular formula is C22H26F5N5O. The molecule has 33 heavy (non-hydrogen) atoms. The number of carbonyl (C=O) groups is 1. The number of pyridine rings is 1. The fourth-order valence-corrected chi connectivity index (χ4v) is 3.96. The van der Waals surface area contributed by atoms with E-state index in [1.807, 2.05) is 6.92 Å². The third-order valence-electron chi connectivity index (χ3n) is 5.57. The van der Waals surface area contributed by atoms with Crippen molar-refractivity contribution in [3.8, 4) is 0 Å². The van der Waals surface area contributed by atoms with Crippen LogP contribution in [0, 0.1) is 5.92 Å². The molecule has 0 aromatic carbocycles. The van der Waals surface area contributed by atoms with Gasteiger partial charge < -0.3 is 15.5 Å². The zero-order valence-electron chi connectivity index (χ0n) is 18.5. The van der Waals surface area contributed by atoms with E-state index in [1.165, 1.54) is 13.1 Å². The molecule has 2 unspecified atom stereocenters. The number of nitrogens with one attached hydrogen (secondary N) is 2. The number of alkyl halides is 5. The minimum Gasteiger partial charge on any atom is -0.354 e. The van der Waals surface area contributed by atoms with Crippen molar-refractivity contribution in [3.63, 3.8) is 0 Å². The molecule has 0 radical (unpaired) electrons. The maximum absolute atomic E-state index is 13.9. The van der Waals surface area contributed by atoms with Gasteiger partial charge in [-0.3, -0.25) is 4.79 Å². The van der Waals surface area contributed by atoms with Crippen molar-refractivity contribution in [2.75, 3.05) is 24.5 Å². The molecule has 0 aliphatic carbocycles. The van der Waals surface area contributed by atoms with E-state index in [0.29, 0.717) is 19.6 Å². The average Bonchev–Trinajstić information content (AvgIpc) is 2.75. The number of anilines is 1. The van der Waals surface area contributed by atoms with Crippen molar-refractivity contribution in [1.82, 2.24) is 15.6 Å². The highest BCUT2D eigenvalue weighted by Crippen LogP contribution is 2.37. The van der Waals surface area contributed by atoms with Crippen LogP contribution in [0.3, 0.4) is 0 Å². The van der Waals surface area contributed by atoms with E-state index >= 15 is 0 Å². The zero-order valence-corrected chi connectivity index (χ0v) is 18.5. The van der Waals surface area contributed by atoms with E-state index < -0.39 is 36.4 Å². The second-order valence-electron chi connectivity index (χ2n) is 8.09. The fraction of sp³-hybridized carbons (Fsp3) is 0.500. The molecular weight excluding hydrogens is 445 g/mol. The van der Waals surface area contributed by atoms with Crippen LogP contribution in [0.4, 0.5) is 27.8 Å². The van der Waals surface area contributed by atoms with Crippen LogP contribution in [-0.4, -0.2) is 48.8 Å². The Morgan fingerprint density at radius 1 is 1.33 bits per heavy atom. The Kier molecular flexibility index (Phi) is 7.51. The van der Waals surface area contributed by atoms with Crippen molar-refractivity contribution in [1.29, 1.82) is 0 Å². The van der Waals surface area contributed by atoms with Crippen LogP contribution >= 0.6 is 0 Å². The monoisotopic (exact) mass is 471 g/mol. The minimum atomic E-state index is -4.65. The standard InChI is InChI=1S/C22H26F5N5O/c1-4-5-29-21-19(15(20(23)24)10-18(33)31-21)13(3)16-8-14(22(25,26)27)9-17(30-16)32-7-6-28-12(2)11-32/h4-5,8-9,12,15,20,28H,6-7,10-11H2,1-3H3,(H,29,31,33)/b5-4?,19-13+. The van der Waals surface area contributed by atoms with Crippen LogP contribution in [0.1, 0.15) is 38.4 Å². The molecule has 2 aliphatic rings. The molecule has 2 atom stereocenters. The first-order chi connectivity index (χ1) is 15.5. The zero-order chi connectivity index (χ0) is 24.3. The molecule has 11 heteroatoms. The first-order valence-corrected chi connectivity index (χ1v) is 10.6. The van der Waals surface area contributed by atoms with Gasteiger partial charge in [0.15, 0.2) is 0 Å². The first kappa shape index (κ1) is 24.8. The maximum atomic E-state index is 13.9. The number of piperidine rings is 1. The van der Waals surface area contributed by atoms with Gasteiger partial charge in [0.1, 0.15) is 11.7 Å². The summed E-state index contributed by atoms with van der Waals surface area (Å²) in [4.78, 5) is 22.2. The molecule has 2 fully saturated rings.